The third-order valence-corrected chi connectivity index (χ3v) is 4.69. The Labute approximate surface area is 141 Å². The number of halogens is 1. The molecule has 1 N–H and O–H groups in total. The van der Waals surface area contributed by atoms with Gasteiger partial charge in [0.1, 0.15) is 11.5 Å². The molecule has 0 spiro atoms. The van der Waals surface area contributed by atoms with Crippen molar-refractivity contribution >= 4 is 5.91 Å². The lowest BCUT2D eigenvalue weighted by molar-refractivity contribution is 0.00159. The number of hydrogen-bond donors (Lipinski definition) is 1. The standard InChI is InChI=1S/C18H24FNO4/c1-23-14-5-6-15(16(9-14)24-10-13-3-4-13)17(22)20-8-2-7-18(19,11-20)12-21/h5-6,9,13,21H,2-4,7-8,10-12H2,1H3. The maximum Gasteiger partial charge on any atom is 0.257 e. The fourth-order valence-electron chi connectivity index (χ4n) is 2.98. The van der Waals surface area contributed by atoms with Crippen molar-refractivity contribution in [3.05, 3.63) is 23.8 Å². The first-order valence-electron chi connectivity index (χ1n) is 8.44. The van der Waals surface area contributed by atoms with Crippen LogP contribution in [0.1, 0.15) is 36.0 Å². The Morgan fingerprint density at radius 3 is 2.92 bits per heavy atom. The van der Waals surface area contributed by atoms with Gasteiger partial charge in [-0.05, 0) is 43.7 Å². The van der Waals surface area contributed by atoms with Crippen LogP contribution < -0.4 is 9.47 Å². The molecule has 1 heterocycles. The third-order valence-electron chi connectivity index (χ3n) is 4.69. The molecule has 1 aromatic rings. The zero-order chi connectivity index (χ0) is 17.2. The van der Waals surface area contributed by atoms with E-state index in [2.05, 4.69) is 0 Å². The van der Waals surface area contributed by atoms with E-state index in [-0.39, 0.29) is 18.9 Å². The average molecular weight is 337 g/mol. The summed E-state index contributed by atoms with van der Waals surface area (Å²) in [4.78, 5) is 14.3. The summed E-state index contributed by atoms with van der Waals surface area (Å²) in [6.45, 7) is 0.413. The molecule has 0 bridgehead atoms. The zero-order valence-corrected chi connectivity index (χ0v) is 14.0. The van der Waals surface area contributed by atoms with E-state index >= 15 is 0 Å². The van der Waals surface area contributed by atoms with Crippen LogP contribution in [-0.2, 0) is 0 Å². The van der Waals surface area contributed by atoms with Crippen LogP contribution in [0.5, 0.6) is 11.5 Å². The van der Waals surface area contributed by atoms with Gasteiger partial charge in [0.2, 0.25) is 0 Å². The predicted molar refractivity (Wildman–Crippen MR) is 87.3 cm³/mol. The highest BCUT2D eigenvalue weighted by Crippen LogP contribution is 2.33. The lowest BCUT2D eigenvalue weighted by atomic mass is 9.95. The van der Waals surface area contributed by atoms with E-state index in [0.717, 1.165) is 12.8 Å². The normalized spacial score (nSPS) is 23.9. The molecular weight excluding hydrogens is 313 g/mol. The summed E-state index contributed by atoms with van der Waals surface area (Å²) in [5, 5.41) is 9.24. The molecule has 1 aliphatic carbocycles. The second kappa shape index (κ2) is 6.97. The molecule has 1 atom stereocenters. The quantitative estimate of drug-likeness (QED) is 0.866. The summed E-state index contributed by atoms with van der Waals surface area (Å²) in [5.41, 5.74) is -1.30. The van der Waals surface area contributed by atoms with Gasteiger partial charge >= 0.3 is 0 Å². The maximum atomic E-state index is 14.4. The summed E-state index contributed by atoms with van der Waals surface area (Å²) in [6, 6.07) is 5.07. The third kappa shape index (κ3) is 3.80. The molecule has 2 aliphatic rings. The van der Waals surface area contributed by atoms with Crippen LogP contribution in [0.15, 0.2) is 18.2 Å². The zero-order valence-electron chi connectivity index (χ0n) is 14.0. The SMILES string of the molecule is COc1ccc(C(=O)N2CCCC(F)(CO)C2)c(OCC2CC2)c1. The lowest BCUT2D eigenvalue weighted by Crippen LogP contribution is -2.49. The van der Waals surface area contributed by atoms with Crippen molar-refractivity contribution in [3.63, 3.8) is 0 Å². The number of hydrogen-bond acceptors (Lipinski definition) is 4. The summed E-state index contributed by atoms with van der Waals surface area (Å²) in [6.07, 6.45) is 3.12. The predicted octanol–water partition coefficient (Wildman–Crippen LogP) is 2.42. The molecule has 1 amide bonds. The fourth-order valence-corrected chi connectivity index (χ4v) is 2.98. The molecule has 6 heteroatoms. The minimum atomic E-state index is -1.71. The molecule has 3 rings (SSSR count). The molecule has 1 unspecified atom stereocenters. The molecule has 0 radical (unpaired) electrons. The van der Waals surface area contributed by atoms with Crippen LogP contribution in [0.2, 0.25) is 0 Å². The molecule has 1 aliphatic heterocycles. The van der Waals surface area contributed by atoms with E-state index in [1.54, 1.807) is 25.3 Å². The Morgan fingerprint density at radius 2 is 2.25 bits per heavy atom. The minimum absolute atomic E-state index is 0.0869. The van der Waals surface area contributed by atoms with Crippen molar-refractivity contribution in [2.45, 2.75) is 31.4 Å². The number of amides is 1. The number of benzene rings is 1. The maximum absolute atomic E-state index is 14.4. The summed E-state index contributed by atoms with van der Waals surface area (Å²) in [5.74, 6) is 1.39. The Bertz CT molecular complexity index is 605. The number of nitrogens with zero attached hydrogens (tertiary/aromatic N) is 1. The number of alkyl halides is 1. The number of piperidine rings is 1. The first-order chi connectivity index (χ1) is 11.5. The smallest absolute Gasteiger partial charge is 0.257 e. The minimum Gasteiger partial charge on any atom is -0.497 e. The molecule has 0 aromatic heterocycles. The van der Waals surface area contributed by atoms with Gasteiger partial charge in [-0.25, -0.2) is 4.39 Å². The summed E-state index contributed by atoms with van der Waals surface area (Å²) < 4.78 is 25.4. The first-order valence-corrected chi connectivity index (χ1v) is 8.44. The molecular formula is C18H24FNO4. The van der Waals surface area contributed by atoms with Crippen molar-refractivity contribution in [1.82, 2.24) is 4.90 Å². The number of methoxy groups -OCH3 is 1. The van der Waals surface area contributed by atoms with Crippen molar-refractivity contribution in [2.24, 2.45) is 5.92 Å². The van der Waals surface area contributed by atoms with E-state index in [1.807, 2.05) is 0 Å². The van der Waals surface area contributed by atoms with Crippen LogP contribution in [0.25, 0.3) is 0 Å². The highest BCUT2D eigenvalue weighted by atomic mass is 19.1. The van der Waals surface area contributed by atoms with Crippen LogP contribution in [0.3, 0.4) is 0 Å². The van der Waals surface area contributed by atoms with Gasteiger partial charge in [-0.2, -0.15) is 0 Å². The number of carbonyl (C=O) groups is 1. The molecule has 132 valence electrons. The van der Waals surface area contributed by atoms with E-state index < -0.39 is 12.3 Å². The number of carbonyl (C=O) groups excluding carboxylic acids is 1. The van der Waals surface area contributed by atoms with E-state index in [0.29, 0.717) is 42.6 Å². The fraction of sp³-hybridized carbons (Fsp3) is 0.611. The second-order valence-electron chi connectivity index (χ2n) is 6.76. The number of rotatable bonds is 6. The van der Waals surface area contributed by atoms with Gasteiger partial charge in [0.05, 0.1) is 32.4 Å². The van der Waals surface area contributed by atoms with E-state index in [4.69, 9.17) is 9.47 Å². The summed E-state index contributed by atoms with van der Waals surface area (Å²) >= 11 is 0. The Balaban J connectivity index is 1.79. The van der Waals surface area contributed by atoms with Crippen LogP contribution in [0, 0.1) is 5.92 Å². The van der Waals surface area contributed by atoms with Gasteiger partial charge < -0.3 is 19.5 Å². The topological polar surface area (TPSA) is 59.0 Å². The van der Waals surface area contributed by atoms with Crippen molar-refractivity contribution in [2.75, 3.05) is 33.4 Å². The lowest BCUT2D eigenvalue weighted by Gasteiger charge is -2.36. The van der Waals surface area contributed by atoms with Crippen LogP contribution in [0.4, 0.5) is 4.39 Å². The van der Waals surface area contributed by atoms with Crippen molar-refractivity contribution < 1.29 is 23.8 Å². The van der Waals surface area contributed by atoms with Gasteiger partial charge in [-0.1, -0.05) is 0 Å². The molecule has 1 saturated carbocycles. The Kier molecular flexibility index (Phi) is 4.94. The molecule has 1 aromatic carbocycles. The molecule has 2 fully saturated rings. The average Bonchev–Trinajstić information content (AvgIpc) is 3.43. The number of aliphatic hydroxyl groups excluding tert-OH is 1. The Hall–Kier alpha value is -1.82. The van der Waals surface area contributed by atoms with Crippen LogP contribution >= 0.6 is 0 Å². The molecule has 24 heavy (non-hydrogen) atoms. The van der Waals surface area contributed by atoms with Gasteiger partial charge in [-0.15, -0.1) is 0 Å². The van der Waals surface area contributed by atoms with Gasteiger partial charge in [0.25, 0.3) is 5.91 Å². The van der Waals surface area contributed by atoms with Gasteiger partial charge in [-0.3, -0.25) is 4.79 Å². The highest BCUT2D eigenvalue weighted by Gasteiger charge is 2.37. The summed E-state index contributed by atoms with van der Waals surface area (Å²) in [7, 11) is 1.56. The van der Waals surface area contributed by atoms with Gasteiger partial charge in [0, 0.05) is 12.6 Å². The largest absolute Gasteiger partial charge is 0.497 e. The van der Waals surface area contributed by atoms with Crippen molar-refractivity contribution in [3.8, 4) is 11.5 Å². The monoisotopic (exact) mass is 337 g/mol. The van der Waals surface area contributed by atoms with Crippen LogP contribution in [-0.4, -0.2) is 55.0 Å². The van der Waals surface area contributed by atoms with E-state index in [1.165, 1.54) is 4.90 Å². The Morgan fingerprint density at radius 1 is 1.46 bits per heavy atom. The number of aliphatic hydroxyl groups is 1. The number of ether oxygens (including phenoxy) is 2. The first kappa shape index (κ1) is 17.0. The highest BCUT2D eigenvalue weighted by molar-refractivity contribution is 5.97. The van der Waals surface area contributed by atoms with Gasteiger partial charge in [0.15, 0.2) is 5.67 Å². The number of likely N-dealkylation sites (tertiary alicyclic amines) is 1. The van der Waals surface area contributed by atoms with Crippen molar-refractivity contribution in [1.29, 1.82) is 0 Å². The molecule has 5 nitrogen and oxygen atoms in total. The van der Waals surface area contributed by atoms with E-state index in [9.17, 15) is 14.3 Å². The molecule has 1 saturated heterocycles. The second-order valence-corrected chi connectivity index (χ2v) is 6.76.